The van der Waals surface area contributed by atoms with E-state index < -0.39 is 0 Å². The van der Waals surface area contributed by atoms with Crippen LogP contribution in [0.3, 0.4) is 0 Å². The summed E-state index contributed by atoms with van der Waals surface area (Å²) in [5.74, 6) is 0. The predicted octanol–water partition coefficient (Wildman–Crippen LogP) is 3.28. The van der Waals surface area contributed by atoms with E-state index in [1.165, 1.54) is 31.4 Å². The Kier molecular flexibility index (Phi) is 3.35. The van der Waals surface area contributed by atoms with Crippen molar-refractivity contribution >= 4 is 11.6 Å². The van der Waals surface area contributed by atoms with Crippen molar-refractivity contribution in [1.82, 2.24) is 4.90 Å². The molecular weight excluding hydrogens is 244 g/mol. The molecule has 1 aliphatic heterocycles. The van der Waals surface area contributed by atoms with E-state index in [2.05, 4.69) is 23.1 Å². The minimum absolute atomic E-state index is 0.248. The van der Waals surface area contributed by atoms with Gasteiger partial charge in [0.05, 0.1) is 6.04 Å². The van der Waals surface area contributed by atoms with Crippen molar-refractivity contribution in [3.63, 3.8) is 0 Å². The van der Waals surface area contributed by atoms with Crippen LogP contribution in [0.2, 0.25) is 5.02 Å². The number of halogens is 1. The lowest BCUT2D eigenvalue weighted by Crippen LogP contribution is -2.46. The Labute approximate surface area is 114 Å². The van der Waals surface area contributed by atoms with Crippen molar-refractivity contribution in [3.05, 3.63) is 34.3 Å². The third kappa shape index (κ3) is 2.29. The van der Waals surface area contributed by atoms with Crippen LogP contribution in [-0.2, 0) is 0 Å². The minimum atomic E-state index is 0.248. The molecule has 0 aromatic heterocycles. The number of benzene rings is 1. The van der Waals surface area contributed by atoms with Gasteiger partial charge in [0.2, 0.25) is 0 Å². The van der Waals surface area contributed by atoms with E-state index in [0.717, 1.165) is 23.0 Å². The van der Waals surface area contributed by atoms with Crippen LogP contribution in [0.4, 0.5) is 0 Å². The highest BCUT2D eigenvalue weighted by Crippen LogP contribution is 2.39. The van der Waals surface area contributed by atoms with E-state index in [0.29, 0.717) is 6.04 Å². The molecule has 1 aliphatic carbocycles. The van der Waals surface area contributed by atoms with Crippen molar-refractivity contribution in [2.45, 2.75) is 50.7 Å². The number of hydrogen-bond acceptors (Lipinski definition) is 2. The van der Waals surface area contributed by atoms with Gasteiger partial charge in [0, 0.05) is 17.1 Å². The van der Waals surface area contributed by atoms with Crippen LogP contribution in [0, 0.1) is 6.92 Å². The maximum absolute atomic E-state index is 6.37. The van der Waals surface area contributed by atoms with Gasteiger partial charge in [-0.15, -0.1) is 0 Å². The third-order valence-electron chi connectivity index (χ3n) is 4.27. The molecule has 1 aromatic rings. The van der Waals surface area contributed by atoms with Gasteiger partial charge in [-0.05, 0) is 56.3 Å². The Morgan fingerprint density at radius 1 is 1.28 bits per heavy atom. The Hall–Kier alpha value is -0.570. The summed E-state index contributed by atoms with van der Waals surface area (Å²) in [7, 11) is 0. The Balaban J connectivity index is 1.92. The second kappa shape index (κ2) is 4.84. The first-order valence-electron chi connectivity index (χ1n) is 6.94. The highest BCUT2D eigenvalue weighted by Gasteiger charge is 2.39. The molecule has 1 saturated heterocycles. The van der Waals surface area contributed by atoms with Crippen molar-refractivity contribution in [3.8, 4) is 0 Å². The van der Waals surface area contributed by atoms with Crippen LogP contribution in [0.1, 0.15) is 42.9 Å². The molecule has 2 nitrogen and oxygen atoms in total. The highest BCUT2D eigenvalue weighted by molar-refractivity contribution is 6.31. The fourth-order valence-corrected chi connectivity index (χ4v) is 3.29. The van der Waals surface area contributed by atoms with E-state index in [1.807, 2.05) is 6.92 Å². The fourth-order valence-electron chi connectivity index (χ4n) is 3.10. The molecule has 0 radical (unpaired) electrons. The SMILES string of the molecule is Cc1ccc(C2C(N)CCCN2C2CC2)cc1Cl. The molecule has 0 bridgehead atoms. The molecule has 1 saturated carbocycles. The fraction of sp³-hybridized carbons (Fsp3) is 0.600. The van der Waals surface area contributed by atoms with Gasteiger partial charge < -0.3 is 5.73 Å². The summed E-state index contributed by atoms with van der Waals surface area (Å²) in [4.78, 5) is 2.61. The summed E-state index contributed by atoms with van der Waals surface area (Å²) >= 11 is 6.26. The van der Waals surface area contributed by atoms with Gasteiger partial charge in [-0.1, -0.05) is 23.7 Å². The van der Waals surface area contributed by atoms with E-state index in [9.17, 15) is 0 Å². The lowest BCUT2D eigenvalue weighted by Gasteiger charge is -2.40. The molecule has 0 spiro atoms. The number of nitrogens with zero attached hydrogens (tertiary/aromatic N) is 1. The molecule has 1 heterocycles. The van der Waals surface area contributed by atoms with E-state index in [-0.39, 0.29) is 6.04 Å². The third-order valence-corrected chi connectivity index (χ3v) is 4.68. The smallest absolute Gasteiger partial charge is 0.0502 e. The number of likely N-dealkylation sites (tertiary alicyclic amines) is 1. The molecule has 2 N–H and O–H groups in total. The number of hydrogen-bond donors (Lipinski definition) is 1. The number of nitrogens with two attached hydrogens (primary N) is 1. The molecule has 1 aromatic carbocycles. The van der Waals surface area contributed by atoms with Crippen molar-refractivity contribution in [1.29, 1.82) is 0 Å². The molecule has 3 rings (SSSR count). The first-order valence-corrected chi connectivity index (χ1v) is 7.32. The van der Waals surface area contributed by atoms with Gasteiger partial charge in [0.15, 0.2) is 0 Å². The lowest BCUT2D eigenvalue weighted by molar-refractivity contribution is 0.120. The number of piperidine rings is 1. The molecule has 2 unspecified atom stereocenters. The Morgan fingerprint density at radius 2 is 2.06 bits per heavy atom. The number of aryl methyl sites for hydroxylation is 1. The van der Waals surface area contributed by atoms with E-state index in [4.69, 9.17) is 17.3 Å². The minimum Gasteiger partial charge on any atom is -0.326 e. The maximum atomic E-state index is 6.37. The summed E-state index contributed by atoms with van der Waals surface area (Å²) in [6, 6.07) is 7.81. The van der Waals surface area contributed by atoms with Gasteiger partial charge in [-0.3, -0.25) is 4.90 Å². The van der Waals surface area contributed by atoms with Crippen LogP contribution in [0.5, 0.6) is 0 Å². The molecule has 18 heavy (non-hydrogen) atoms. The van der Waals surface area contributed by atoms with E-state index in [1.54, 1.807) is 0 Å². The van der Waals surface area contributed by atoms with Crippen LogP contribution in [0.25, 0.3) is 0 Å². The van der Waals surface area contributed by atoms with Gasteiger partial charge in [-0.25, -0.2) is 0 Å². The molecule has 2 fully saturated rings. The van der Waals surface area contributed by atoms with Crippen molar-refractivity contribution in [2.24, 2.45) is 5.73 Å². The summed E-state index contributed by atoms with van der Waals surface area (Å²) < 4.78 is 0. The molecular formula is C15H21ClN2. The lowest BCUT2D eigenvalue weighted by atomic mass is 9.90. The van der Waals surface area contributed by atoms with E-state index >= 15 is 0 Å². The van der Waals surface area contributed by atoms with Gasteiger partial charge >= 0.3 is 0 Å². The van der Waals surface area contributed by atoms with Gasteiger partial charge in [0.25, 0.3) is 0 Å². The summed E-state index contributed by atoms with van der Waals surface area (Å²) in [5, 5.41) is 0.862. The van der Waals surface area contributed by atoms with Gasteiger partial charge in [0.1, 0.15) is 0 Å². The second-order valence-electron chi connectivity index (χ2n) is 5.73. The summed E-state index contributed by atoms with van der Waals surface area (Å²) in [5.41, 5.74) is 8.81. The zero-order valence-corrected chi connectivity index (χ0v) is 11.7. The van der Waals surface area contributed by atoms with Crippen molar-refractivity contribution < 1.29 is 0 Å². The predicted molar refractivity (Wildman–Crippen MR) is 75.9 cm³/mol. The average Bonchev–Trinajstić information content (AvgIpc) is 3.17. The molecule has 0 amide bonds. The standard InChI is InChI=1S/C15H21ClN2/c1-10-4-5-11(9-13(10)16)15-14(17)3-2-8-18(15)12-6-7-12/h4-5,9,12,14-15H,2-3,6-8,17H2,1H3. The number of rotatable bonds is 2. The zero-order valence-electron chi connectivity index (χ0n) is 10.9. The van der Waals surface area contributed by atoms with Gasteiger partial charge in [-0.2, -0.15) is 0 Å². The maximum Gasteiger partial charge on any atom is 0.0502 e. The van der Waals surface area contributed by atoms with Crippen LogP contribution >= 0.6 is 11.6 Å². The zero-order chi connectivity index (χ0) is 12.7. The average molecular weight is 265 g/mol. The largest absolute Gasteiger partial charge is 0.326 e. The quantitative estimate of drug-likeness (QED) is 0.888. The molecule has 2 aliphatic rings. The van der Waals surface area contributed by atoms with Crippen molar-refractivity contribution in [2.75, 3.05) is 6.54 Å². The van der Waals surface area contributed by atoms with Crippen LogP contribution < -0.4 is 5.73 Å². The highest BCUT2D eigenvalue weighted by atomic mass is 35.5. The normalized spacial score (nSPS) is 29.5. The Morgan fingerprint density at radius 3 is 2.72 bits per heavy atom. The van der Waals surface area contributed by atoms with Crippen LogP contribution in [-0.4, -0.2) is 23.5 Å². The summed E-state index contributed by atoms with van der Waals surface area (Å²) in [6.45, 7) is 3.24. The molecule has 2 atom stereocenters. The Bertz CT molecular complexity index is 442. The molecule has 98 valence electrons. The second-order valence-corrected chi connectivity index (χ2v) is 6.14. The topological polar surface area (TPSA) is 29.3 Å². The first kappa shape index (κ1) is 12.5. The molecule has 3 heteroatoms. The first-order chi connectivity index (χ1) is 8.66. The monoisotopic (exact) mass is 264 g/mol. The summed E-state index contributed by atoms with van der Waals surface area (Å²) in [6.07, 6.45) is 5.03. The van der Waals surface area contributed by atoms with Crippen LogP contribution in [0.15, 0.2) is 18.2 Å².